The van der Waals surface area contributed by atoms with Crippen LogP contribution in [0.5, 0.6) is 11.5 Å². The van der Waals surface area contributed by atoms with Crippen molar-refractivity contribution in [3.05, 3.63) is 23.8 Å². The number of benzene rings is 1. The number of rotatable bonds is 3. The van der Waals surface area contributed by atoms with Gasteiger partial charge in [0.1, 0.15) is 6.04 Å². The Labute approximate surface area is 99.1 Å². The molecule has 1 unspecified atom stereocenters. The minimum Gasteiger partial charge on any atom is -0.490 e. The summed E-state index contributed by atoms with van der Waals surface area (Å²) in [5.74, 6) is 0.274. The van der Waals surface area contributed by atoms with E-state index in [4.69, 9.17) is 20.3 Å². The summed E-state index contributed by atoms with van der Waals surface area (Å²) in [5.41, 5.74) is 6.30. The number of ether oxygens (including phenoxy) is 2. The van der Waals surface area contributed by atoms with E-state index in [1.807, 2.05) is 18.2 Å². The molecule has 1 atom stereocenters. The van der Waals surface area contributed by atoms with E-state index in [-0.39, 0.29) is 6.42 Å². The zero-order valence-electron chi connectivity index (χ0n) is 9.39. The summed E-state index contributed by atoms with van der Waals surface area (Å²) in [7, 11) is 0. The van der Waals surface area contributed by atoms with Gasteiger partial charge >= 0.3 is 5.97 Å². The number of carboxylic acid groups (broad SMARTS) is 1. The van der Waals surface area contributed by atoms with Crippen LogP contribution in [-0.2, 0) is 11.2 Å². The topological polar surface area (TPSA) is 81.8 Å². The number of para-hydroxylation sites is 1. The number of fused-ring (bicyclic) bond motifs is 1. The lowest BCUT2D eigenvalue weighted by molar-refractivity contribution is -0.138. The van der Waals surface area contributed by atoms with Crippen molar-refractivity contribution in [1.29, 1.82) is 0 Å². The van der Waals surface area contributed by atoms with Gasteiger partial charge in [-0.15, -0.1) is 0 Å². The highest BCUT2D eigenvalue weighted by Gasteiger charge is 2.19. The molecule has 5 nitrogen and oxygen atoms in total. The van der Waals surface area contributed by atoms with Crippen molar-refractivity contribution in [2.24, 2.45) is 5.73 Å². The van der Waals surface area contributed by atoms with Crippen molar-refractivity contribution in [3.8, 4) is 11.5 Å². The molecule has 0 saturated heterocycles. The van der Waals surface area contributed by atoms with Crippen LogP contribution < -0.4 is 15.2 Å². The van der Waals surface area contributed by atoms with Gasteiger partial charge in [-0.1, -0.05) is 12.1 Å². The van der Waals surface area contributed by atoms with Gasteiger partial charge in [-0.3, -0.25) is 4.79 Å². The molecule has 5 heteroatoms. The highest BCUT2D eigenvalue weighted by atomic mass is 16.5. The van der Waals surface area contributed by atoms with Gasteiger partial charge < -0.3 is 20.3 Å². The lowest BCUT2D eigenvalue weighted by Crippen LogP contribution is -2.32. The van der Waals surface area contributed by atoms with Crippen molar-refractivity contribution in [2.45, 2.75) is 18.9 Å². The van der Waals surface area contributed by atoms with Crippen molar-refractivity contribution in [2.75, 3.05) is 13.2 Å². The lowest BCUT2D eigenvalue weighted by Gasteiger charge is -2.13. The highest BCUT2D eigenvalue weighted by Crippen LogP contribution is 2.33. The molecule has 2 rings (SSSR count). The van der Waals surface area contributed by atoms with E-state index in [0.29, 0.717) is 24.7 Å². The smallest absolute Gasteiger partial charge is 0.320 e. The molecule has 1 aromatic carbocycles. The van der Waals surface area contributed by atoms with Gasteiger partial charge in [-0.05, 0) is 6.07 Å². The van der Waals surface area contributed by atoms with E-state index in [1.165, 1.54) is 0 Å². The quantitative estimate of drug-likeness (QED) is 0.812. The molecule has 0 fully saturated rings. The van der Waals surface area contributed by atoms with Gasteiger partial charge in [0.25, 0.3) is 0 Å². The monoisotopic (exact) mass is 237 g/mol. The number of aliphatic carboxylic acids is 1. The number of carboxylic acids is 1. The average Bonchev–Trinajstić information content (AvgIpc) is 2.54. The molecule has 0 amide bonds. The van der Waals surface area contributed by atoms with Crippen LogP contribution in [0.2, 0.25) is 0 Å². The first kappa shape index (κ1) is 11.7. The van der Waals surface area contributed by atoms with Gasteiger partial charge in [0.15, 0.2) is 11.5 Å². The minimum atomic E-state index is -1.02. The third kappa shape index (κ3) is 2.68. The summed E-state index contributed by atoms with van der Waals surface area (Å²) in [5, 5.41) is 8.81. The maximum Gasteiger partial charge on any atom is 0.320 e. The second-order valence-corrected chi connectivity index (χ2v) is 3.94. The van der Waals surface area contributed by atoms with Gasteiger partial charge in [-0.25, -0.2) is 0 Å². The number of hydrogen-bond donors (Lipinski definition) is 2. The number of nitrogens with two attached hydrogens (primary N) is 1. The Morgan fingerprint density at radius 1 is 1.41 bits per heavy atom. The molecule has 0 bridgehead atoms. The molecule has 0 spiro atoms. The van der Waals surface area contributed by atoms with Crippen LogP contribution in [0.15, 0.2) is 18.2 Å². The molecule has 1 aliphatic rings. The maximum absolute atomic E-state index is 10.7. The predicted molar refractivity (Wildman–Crippen MR) is 61.4 cm³/mol. The summed E-state index contributed by atoms with van der Waals surface area (Å²) in [6.07, 6.45) is 1.06. The van der Waals surface area contributed by atoms with Gasteiger partial charge in [0.05, 0.1) is 13.2 Å². The lowest BCUT2D eigenvalue weighted by atomic mass is 10.1. The Bertz CT molecular complexity index is 419. The van der Waals surface area contributed by atoms with Gasteiger partial charge in [0, 0.05) is 18.4 Å². The van der Waals surface area contributed by atoms with E-state index >= 15 is 0 Å². The van der Waals surface area contributed by atoms with Crippen LogP contribution in [0.4, 0.5) is 0 Å². The Hall–Kier alpha value is -1.75. The first-order valence-corrected chi connectivity index (χ1v) is 5.54. The standard InChI is InChI=1S/C12H15NO4/c13-9(12(14)15)7-8-3-1-4-10-11(8)17-6-2-5-16-10/h1,3-4,9H,2,5-7,13H2,(H,14,15). The Morgan fingerprint density at radius 3 is 2.94 bits per heavy atom. The summed E-state index contributed by atoms with van der Waals surface area (Å²) < 4.78 is 11.1. The molecule has 17 heavy (non-hydrogen) atoms. The zero-order chi connectivity index (χ0) is 12.3. The molecular formula is C12H15NO4. The number of carbonyl (C=O) groups is 1. The third-order valence-electron chi connectivity index (χ3n) is 2.61. The summed E-state index contributed by atoms with van der Waals surface area (Å²) in [6, 6.07) is 4.53. The van der Waals surface area contributed by atoms with Crippen LogP contribution in [0.3, 0.4) is 0 Å². The zero-order valence-corrected chi connectivity index (χ0v) is 9.39. The van der Waals surface area contributed by atoms with E-state index < -0.39 is 12.0 Å². The molecule has 1 heterocycles. The molecule has 1 aromatic rings. The molecule has 3 N–H and O–H groups in total. The van der Waals surface area contributed by atoms with Gasteiger partial charge in [-0.2, -0.15) is 0 Å². The van der Waals surface area contributed by atoms with E-state index in [0.717, 1.165) is 12.0 Å². The molecule has 0 aromatic heterocycles. The molecule has 0 saturated carbocycles. The largest absolute Gasteiger partial charge is 0.490 e. The van der Waals surface area contributed by atoms with E-state index in [9.17, 15) is 4.79 Å². The van der Waals surface area contributed by atoms with E-state index in [1.54, 1.807) is 0 Å². The first-order chi connectivity index (χ1) is 8.18. The summed E-state index contributed by atoms with van der Waals surface area (Å²) in [6.45, 7) is 1.19. The fourth-order valence-electron chi connectivity index (χ4n) is 1.74. The third-order valence-corrected chi connectivity index (χ3v) is 2.61. The Morgan fingerprint density at radius 2 is 2.18 bits per heavy atom. The van der Waals surface area contributed by atoms with Crippen molar-refractivity contribution in [1.82, 2.24) is 0 Å². The van der Waals surface area contributed by atoms with Crippen LogP contribution in [0.1, 0.15) is 12.0 Å². The number of hydrogen-bond acceptors (Lipinski definition) is 4. The highest BCUT2D eigenvalue weighted by molar-refractivity contribution is 5.73. The normalized spacial score (nSPS) is 16.1. The van der Waals surface area contributed by atoms with Crippen molar-refractivity contribution < 1.29 is 19.4 Å². The molecule has 0 radical (unpaired) electrons. The Balaban J connectivity index is 2.25. The van der Waals surface area contributed by atoms with E-state index in [2.05, 4.69) is 0 Å². The van der Waals surface area contributed by atoms with Crippen LogP contribution in [0.25, 0.3) is 0 Å². The molecule has 92 valence electrons. The van der Waals surface area contributed by atoms with Crippen molar-refractivity contribution >= 4 is 5.97 Å². The van der Waals surface area contributed by atoms with Crippen LogP contribution in [0, 0.1) is 0 Å². The summed E-state index contributed by atoms with van der Waals surface area (Å²) in [4.78, 5) is 10.7. The minimum absolute atomic E-state index is 0.238. The molecule has 0 aliphatic carbocycles. The van der Waals surface area contributed by atoms with Crippen molar-refractivity contribution in [3.63, 3.8) is 0 Å². The molecule has 1 aliphatic heterocycles. The second-order valence-electron chi connectivity index (χ2n) is 3.94. The SMILES string of the molecule is NC(Cc1cccc2c1OCCCO2)C(=O)O. The summed E-state index contributed by atoms with van der Waals surface area (Å²) >= 11 is 0. The fourth-order valence-corrected chi connectivity index (χ4v) is 1.74. The predicted octanol–water partition coefficient (Wildman–Crippen LogP) is 0.802. The maximum atomic E-state index is 10.7. The van der Waals surface area contributed by atoms with Crippen LogP contribution in [-0.4, -0.2) is 30.3 Å². The Kier molecular flexibility index (Phi) is 3.49. The fraction of sp³-hybridized carbons (Fsp3) is 0.417. The molecular weight excluding hydrogens is 222 g/mol. The second kappa shape index (κ2) is 5.05. The van der Waals surface area contributed by atoms with Gasteiger partial charge in [0.2, 0.25) is 0 Å². The average molecular weight is 237 g/mol. The first-order valence-electron chi connectivity index (χ1n) is 5.54. The van der Waals surface area contributed by atoms with Crippen LogP contribution >= 0.6 is 0 Å².